The van der Waals surface area contributed by atoms with Crippen LogP contribution in [0.1, 0.15) is 32.1 Å². The fourth-order valence-electron chi connectivity index (χ4n) is 4.52. The van der Waals surface area contributed by atoms with Crippen LogP contribution in [0.4, 0.5) is 0 Å². The summed E-state index contributed by atoms with van der Waals surface area (Å²) >= 11 is 0. The molecule has 1 N–H and O–H groups in total. The number of methoxy groups -OCH3 is 1. The van der Waals surface area contributed by atoms with E-state index in [1.165, 1.54) is 32.4 Å². The highest BCUT2D eigenvalue weighted by Gasteiger charge is 2.40. The second-order valence-corrected chi connectivity index (χ2v) is 7.49. The minimum Gasteiger partial charge on any atom is -0.384 e. The summed E-state index contributed by atoms with van der Waals surface area (Å²) in [4.78, 5) is 9.64. The molecule has 0 spiro atoms. The molecule has 6 nitrogen and oxygen atoms in total. The van der Waals surface area contributed by atoms with Crippen molar-refractivity contribution in [3.8, 4) is 0 Å². The number of hydrogen-bond acceptors (Lipinski definition) is 4. The molecule has 1 unspecified atom stereocenters. The molecule has 24 heavy (non-hydrogen) atoms. The minimum atomic E-state index is 0.246. The summed E-state index contributed by atoms with van der Waals surface area (Å²) in [6.07, 6.45) is 6.12. The largest absolute Gasteiger partial charge is 0.384 e. The molecule has 0 radical (unpaired) electrons. The van der Waals surface area contributed by atoms with Crippen LogP contribution in [0.5, 0.6) is 0 Å². The van der Waals surface area contributed by atoms with E-state index in [1.807, 2.05) is 7.05 Å². The van der Waals surface area contributed by atoms with Crippen LogP contribution in [0, 0.1) is 5.92 Å². The summed E-state index contributed by atoms with van der Waals surface area (Å²) in [6, 6.07) is 0. The lowest BCUT2D eigenvalue weighted by molar-refractivity contribution is -0.0166. The third-order valence-corrected chi connectivity index (χ3v) is 5.98. The number of nitrogens with one attached hydrogen (secondary N) is 1. The number of hydrogen-bond donors (Lipinski definition) is 1. The maximum Gasteiger partial charge on any atom is 0.193 e. The molecule has 0 saturated carbocycles. The Balaban J connectivity index is 1.58. The quantitative estimate of drug-likeness (QED) is 0.602. The Morgan fingerprint density at radius 2 is 2.00 bits per heavy atom. The molecule has 0 aromatic carbocycles. The number of aliphatic imine (C=N–C) groups is 1. The molecule has 3 fully saturated rings. The van der Waals surface area contributed by atoms with Gasteiger partial charge in [0.25, 0.3) is 0 Å². The van der Waals surface area contributed by atoms with Crippen LogP contribution >= 0.6 is 0 Å². The number of rotatable bonds is 5. The van der Waals surface area contributed by atoms with E-state index >= 15 is 0 Å². The molecule has 0 amide bonds. The SMILES string of the molecule is CN=C(NCC1(N2CCCC2)CCOCC1)N1CCC(COC)C1. The fraction of sp³-hybridized carbons (Fsp3) is 0.944. The van der Waals surface area contributed by atoms with Gasteiger partial charge in [-0.1, -0.05) is 0 Å². The zero-order valence-electron chi connectivity index (χ0n) is 15.4. The zero-order chi connectivity index (χ0) is 16.8. The summed E-state index contributed by atoms with van der Waals surface area (Å²) < 4.78 is 11.0. The normalized spacial score (nSPS) is 28.5. The molecule has 138 valence electrons. The summed E-state index contributed by atoms with van der Waals surface area (Å²) in [5, 5.41) is 3.70. The van der Waals surface area contributed by atoms with E-state index in [4.69, 9.17) is 9.47 Å². The first-order valence-electron chi connectivity index (χ1n) is 9.55. The molecule has 3 rings (SSSR count). The molecule has 3 saturated heterocycles. The molecule has 0 aromatic heterocycles. The van der Waals surface area contributed by atoms with Gasteiger partial charge >= 0.3 is 0 Å². The Labute approximate surface area is 146 Å². The molecular weight excluding hydrogens is 304 g/mol. The fourth-order valence-corrected chi connectivity index (χ4v) is 4.52. The number of guanidine groups is 1. The van der Waals surface area contributed by atoms with Crippen molar-refractivity contribution in [3.63, 3.8) is 0 Å². The topological polar surface area (TPSA) is 49.3 Å². The van der Waals surface area contributed by atoms with Gasteiger partial charge in [-0.05, 0) is 45.2 Å². The van der Waals surface area contributed by atoms with Crippen molar-refractivity contribution in [2.24, 2.45) is 10.9 Å². The molecule has 3 aliphatic rings. The van der Waals surface area contributed by atoms with Crippen molar-refractivity contribution in [3.05, 3.63) is 0 Å². The van der Waals surface area contributed by atoms with Gasteiger partial charge in [0.05, 0.1) is 6.61 Å². The van der Waals surface area contributed by atoms with Crippen molar-refractivity contribution >= 4 is 5.96 Å². The highest BCUT2D eigenvalue weighted by atomic mass is 16.5. The zero-order valence-corrected chi connectivity index (χ0v) is 15.4. The Morgan fingerprint density at radius 3 is 2.67 bits per heavy atom. The van der Waals surface area contributed by atoms with Gasteiger partial charge in [0.2, 0.25) is 0 Å². The van der Waals surface area contributed by atoms with Crippen LogP contribution in [-0.4, -0.2) is 88.0 Å². The third kappa shape index (κ3) is 4.03. The van der Waals surface area contributed by atoms with Gasteiger partial charge in [-0.15, -0.1) is 0 Å². The molecule has 0 bridgehead atoms. The van der Waals surface area contributed by atoms with Crippen molar-refractivity contribution in [2.45, 2.75) is 37.6 Å². The van der Waals surface area contributed by atoms with Crippen LogP contribution in [0.2, 0.25) is 0 Å². The highest BCUT2D eigenvalue weighted by Crippen LogP contribution is 2.31. The van der Waals surface area contributed by atoms with Gasteiger partial charge in [-0.2, -0.15) is 0 Å². The van der Waals surface area contributed by atoms with Crippen LogP contribution in [0.25, 0.3) is 0 Å². The van der Waals surface area contributed by atoms with E-state index in [9.17, 15) is 0 Å². The standard InChI is InChI=1S/C18H34N4O2/c1-19-17(21-10-5-16(13-21)14-23-2)20-15-18(6-11-24-12-7-18)22-8-3-4-9-22/h16H,3-15H2,1-2H3,(H,19,20). The van der Waals surface area contributed by atoms with Crippen molar-refractivity contribution in [2.75, 3.05) is 66.7 Å². The monoisotopic (exact) mass is 338 g/mol. The van der Waals surface area contributed by atoms with Gasteiger partial charge in [-0.3, -0.25) is 9.89 Å². The maximum atomic E-state index is 5.65. The van der Waals surface area contributed by atoms with Crippen LogP contribution < -0.4 is 5.32 Å². The van der Waals surface area contributed by atoms with E-state index in [1.54, 1.807) is 7.11 Å². The lowest BCUT2D eigenvalue weighted by Gasteiger charge is -2.45. The Kier molecular flexibility index (Phi) is 6.36. The first kappa shape index (κ1) is 18.0. The lowest BCUT2D eigenvalue weighted by atomic mass is 9.88. The average molecular weight is 338 g/mol. The Bertz CT molecular complexity index is 417. The summed E-state index contributed by atoms with van der Waals surface area (Å²) in [6.45, 7) is 8.20. The predicted molar refractivity (Wildman–Crippen MR) is 96.5 cm³/mol. The molecule has 3 aliphatic heterocycles. The van der Waals surface area contributed by atoms with Gasteiger partial charge in [0.1, 0.15) is 0 Å². The van der Waals surface area contributed by atoms with E-state index in [0.29, 0.717) is 5.92 Å². The van der Waals surface area contributed by atoms with E-state index in [-0.39, 0.29) is 5.54 Å². The lowest BCUT2D eigenvalue weighted by Crippen LogP contribution is -2.58. The Morgan fingerprint density at radius 1 is 1.25 bits per heavy atom. The molecule has 0 aromatic rings. The van der Waals surface area contributed by atoms with Crippen LogP contribution in [0.15, 0.2) is 4.99 Å². The van der Waals surface area contributed by atoms with Crippen LogP contribution in [0.3, 0.4) is 0 Å². The number of likely N-dealkylation sites (tertiary alicyclic amines) is 2. The summed E-state index contributed by atoms with van der Waals surface area (Å²) in [5.74, 6) is 1.68. The average Bonchev–Trinajstić information content (AvgIpc) is 3.29. The first-order chi connectivity index (χ1) is 11.8. The molecular formula is C18H34N4O2. The highest BCUT2D eigenvalue weighted by molar-refractivity contribution is 5.80. The summed E-state index contributed by atoms with van der Waals surface area (Å²) in [5.41, 5.74) is 0.246. The minimum absolute atomic E-state index is 0.246. The van der Waals surface area contributed by atoms with Crippen molar-refractivity contribution in [1.29, 1.82) is 0 Å². The maximum absolute atomic E-state index is 5.65. The summed E-state index contributed by atoms with van der Waals surface area (Å²) in [7, 11) is 3.69. The molecule has 0 aliphatic carbocycles. The van der Waals surface area contributed by atoms with E-state index in [2.05, 4.69) is 20.1 Å². The van der Waals surface area contributed by atoms with Gasteiger partial charge < -0.3 is 19.7 Å². The van der Waals surface area contributed by atoms with Crippen molar-refractivity contribution < 1.29 is 9.47 Å². The molecule has 3 heterocycles. The third-order valence-electron chi connectivity index (χ3n) is 5.98. The van der Waals surface area contributed by atoms with Crippen molar-refractivity contribution in [1.82, 2.24) is 15.1 Å². The predicted octanol–water partition coefficient (Wildman–Crippen LogP) is 1.18. The van der Waals surface area contributed by atoms with E-state index in [0.717, 1.165) is 58.3 Å². The Hall–Kier alpha value is -0.850. The van der Waals surface area contributed by atoms with E-state index < -0.39 is 0 Å². The van der Waals surface area contributed by atoms with Gasteiger partial charge in [0, 0.05) is 58.5 Å². The number of nitrogens with zero attached hydrogens (tertiary/aromatic N) is 3. The number of ether oxygens (including phenoxy) is 2. The van der Waals surface area contributed by atoms with Gasteiger partial charge in [0.15, 0.2) is 5.96 Å². The molecule has 6 heteroatoms. The molecule has 1 atom stereocenters. The first-order valence-corrected chi connectivity index (χ1v) is 9.55. The second kappa shape index (κ2) is 8.50. The van der Waals surface area contributed by atoms with Gasteiger partial charge in [-0.25, -0.2) is 0 Å². The van der Waals surface area contributed by atoms with Crippen LogP contribution in [-0.2, 0) is 9.47 Å². The smallest absolute Gasteiger partial charge is 0.193 e. The second-order valence-electron chi connectivity index (χ2n) is 7.49.